The molecule has 0 fully saturated rings. The van der Waals surface area contributed by atoms with Crippen molar-refractivity contribution in [3.8, 4) is 17.0 Å². The lowest BCUT2D eigenvalue weighted by atomic mass is 10.0. The third-order valence-corrected chi connectivity index (χ3v) is 3.09. The van der Waals surface area contributed by atoms with Gasteiger partial charge in [-0.2, -0.15) is 0 Å². The van der Waals surface area contributed by atoms with Crippen LogP contribution in [0.1, 0.15) is 17.7 Å². The average molecular weight is 241 g/mol. The Morgan fingerprint density at radius 3 is 2.56 bits per heavy atom. The van der Waals surface area contributed by atoms with Gasteiger partial charge in [0.2, 0.25) is 0 Å². The summed E-state index contributed by atoms with van der Waals surface area (Å²) in [5.74, 6) is 0.156. The zero-order valence-corrected chi connectivity index (χ0v) is 9.73. The highest BCUT2D eigenvalue weighted by Gasteiger charge is 2.12. The summed E-state index contributed by atoms with van der Waals surface area (Å²) in [5, 5.41) is 9.25. The van der Waals surface area contributed by atoms with Gasteiger partial charge in [0.15, 0.2) is 0 Å². The van der Waals surface area contributed by atoms with Crippen LogP contribution in [0.5, 0.6) is 5.75 Å². The summed E-state index contributed by atoms with van der Waals surface area (Å²) >= 11 is 0. The Balaban J connectivity index is 2.03. The van der Waals surface area contributed by atoms with Gasteiger partial charge in [-0.15, -0.1) is 0 Å². The van der Waals surface area contributed by atoms with Crippen molar-refractivity contribution in [2.75, 3.05) is 0 Å². The molecule has 0 saturated carbocycles. The molecule has 1 aromatic carbocycles. The zero-order chi connectivity index (χ0) is 12.5. The summed E-state index contributed by atoms with van der Waals surface area (Å²) in [7, 11) is 0. The van der Waals surface area contributed by atoms with Gasteiger partial charge in [-0.05, 0) is 48.4 Å². The molecule has 1 N–H and O–H groups in total. The van der Waals surface area contributed by atoms with Crippen LogP contribution in [-0.4, -0.2) is 10.1 Å². The van der Waals surface area contributed by atoms with E-state index in [0.717, 1.165) is 22.5 Å². The molecule has 0 spiro atoms. The fraction of sp³-hybridized carbons (Fsp3) is 0.133. The number of phenolic OH excluding ortho intramolecular Hbond substituents is 1. The van der Waals surface area contributed by atoms with Gasteiger partial charge in [0.05, 0.1) is 5.69 Å². The van der Waals surface area contributed by atoms with Gasteiger partial charge in [-0.3, -0.25) is 4.98 Å². The van der Waals surface area contributed by atoms with E-state index >= 15 is 0 Å². The minimum absolute atomic E-state index is 0.0818. The van der Waals surface area contributed by atoms with Crippen molar-refractivity contribution >= 4 is 6.08 Å². The SMILES string of the molecule is Oc1ccc(-c2ccc3c(n2)CCC(F)=C3)cc1. The zero-order valence-electron chi connectivity index (χ0n) is 9.73. The van der Waals surface area contributed by atoms with E-state index < -0.39 is 0 Å². The van der Waals surface area contributed by atoms with Crippen LogP contribution in [0.3, 0.4) is 0 Å². The molecule has 0 saturated heterocycles. The maximum Gasteiger partial charge on any atom is 0.115 e. The number of aromatic nitrogens is 1. The monoisotopic (exact) mass is 241 g/mol. The van der Waals surface area contributed by atoms with E-state index in [4.69, 9.17) is 0 Å². The smallest absolute Gasteiger partial charge is 0.115 e. The summed E-state index contributed by atoms with van der Waals surface area (Å²) < 4.78 is 13.1. The van der Waals surface area contributed by atoms with Crippen molar-refractivity contribution in [3.63, 3.8) is 0 Å². The third-order valence-electron chi connectivity index (χ3n) is 3.09. The summed E-state index contributed by atoms with van der Waals surface area (Å²) in [6.07, 6.45) is 2.62. The molecule has 0 radical (unpaired) electrons. The quantitative estimate of drug-likeness (QED) is 0.825. The molecule has 0 atom stereocenters. The van der Waals surface area contributed by atoms with E-state index in [0.29, 0.717) is 12.8 Å². The van der Waals surface area contributed by atoms with Crippen molar-refractivity contribution in [3.05, 3.63) is 53.5 Å². The molecule has 0 aliphatic heterocycles. The molecule has 3 heteroatoms. The van der Waals surface area contributed by atoms with E-state index in [9.17, 15) is 9.50 Å². The Bertz CT molecular complexity index is 617. The molecule has 3 rings (SSSR count). The van der Waals surface area contributed by atoms with Crippen LogP contribution in [0.25, 0.3) is 17.3 Å². The largest absolute Gasteiger partial charge is 0.508 e. The Hall–Kier alpha value is -2.16. The number of pyridine rings is 1. The van der Waals surface area contributed by atoms with Gasteiger partial charge < -0.3 is 5.11 Å². The van der Waals surface area contributed by atoms with Crippen LogP contribution in [0.2, 0.25) is 0 Å². The minimum atomic E-state index is -0.0818. The first-order chi connectivity index (χ1) is 8.72. The second kappa shape index (κ2) is 4.26. The standard InChI is InChI=1S/C15H12FNO/c16-12-4-8-15-11(9-12)3-7-14(17-15)10-1-5-13(18)6-2-10/h1-3,5-7,9,18H,4,8H2. The fourth-order valence-corrected chi connectivity index (χ4v) is 2.12. The highest BCUT2D eigenvalue weighted by Crippen LogP contribution is 2.27. The first-order valence-corrected chi connectivity index (χ1v) is 5.88. The van der Waals surface area contributed by atoms with Gasteiger partial charge in [0.1, 0.15) is 11.6 Å². The topological polar surface area (TPSA) is 33.1 Å². The van der Waals surface area contributed by atoms with Crippen molar-refractivity contribution < 1.29 is 9.50 Å². The Kier molecular flexibility index (Phi) is 2.59. The van der Waals surface area contributed by atoms with Crippen LogP contribution in [0.4, 0.5) is 4.39 Å². The van der Waals surface area contributed by atoms with E-state index in [2.05, 4.69) is 4.98 Å². The first-order valence-electron chi connectivity index (χ1n) is 5.88. The number of rotatable bonds is 1. The molecule has 0 bridgehead atoms. The summed E-state index contributed by atoms with van der Waals surface area (Å²) in [4.78, 5) is 4.55. The van der Waals surface area contributed by atoms with Crippen molar-refractivity contribution in [2.24, 2.45) is 0 Å². The molecule has 18 heavy (non-hydrogen) atoms. The van der Waals surface area contributed by atoms with Crippen LogP contribution in [-0.2, 0) is 6.42 Å². The van der Waals surface area contributed by atoms with Crippen LogP contribution >= 0.6 is 0 Å². The number of allylic oxidation sites excluding steroid dienone is 1. The van der Waals surface area contributed by atoms with E-state index in [1.54, 1.807) is 18.2 Å². The lowest BCUT2D eigenvalue weighted by Gasteiger charge is -2.12. The highest BCUT2D eigenvalue weighted by molar-refractivity contribution is 5.64. The molecule has 1 aliphatic carbocycles. The van der Waals surface area contributed by atoms with Gasteiger partial charge >= 0.3 is 0 Å². The number of hydrogen-bond acceptors (Lipinski definition) is 2. The number of benzene rings is 1. The second-order valence-corrected chi connectivity index (χ2v) is 4.37. The molecule has 90 valence electrons. The third kappa shape index (κ3) is 1.99. The van der Waals surface area contributed by atoms with Crippen LogP contribution < -0.4 is 0 Å². The minimum Gasteiger partial charge on any atom is -0.508 e. The molecule has 0 unspecified atom stereocenters. The van der Waals surface area contributed by atoms with E-state index in [1.165, 1.54) is 0 Å². The molecule has 0 amide bonds. The van der Waals surface area contributed by atoms with Gasteiger partial charge in [-0.25, -0.2) is 4.39 Å². The summed E-state index contributed by atoms with van der Waals surface area (Å²) in [6.45, 7) is 0. The highest BCUT2D eigenvalue weighted by atomic mass is 19.1. The average Bonchev–Trinajstić information content (AvgIpc) is 2.39. The van der Waals surface area contributed by atoms with E-state index in [-0.39, 0.29) is 11.6 Å². The Morgan fingerprint density at radius 1 is 1.00 bits per heavy atom. The molecule has 1 heterocycles. The predicted octanol–water partition coefficient (Wildman–Crippen LogP) is 3.71. The predicted molar refractivity (Wildman–Crippen MR) is 68.7 cm³/mol. The lowest BCUT2D eigenvalue weighted by molar-refractivity contribution is 0.475. The number of fused-ring (bicyclic) bond motifs is 1. The van der Waals surface area contributed by atoms with Gasteiger partial charge in [-0.1, -0.05) is 6.07 Å². The number of phenols is 1. The van der Waals surface area contributed by atoms with Gasteiger partial charge in [0, 0.05) is 17.7 Å². The first kappa shape index (κ1) is 11.0. The molecule has 1 aromatic heterocycles. The Morgan fingerprint density at radius 2 is 1.78 bits per heavy atom. The number of halogens is 1. The molecular weight excluding hydrogens is 229 g/mol. The van der Waals surface area contributed by atoms with E-state index in [1.807, 2.05) is 24.3 Å². The summed E-state index contributed by atoms with van der Waals surface area (Å²) in [6, 6.07) is 10.7. The lowest BCUT2D eigenvalue weighted by Crippen LogP contribution is -2.01. The maximum absolute atomic E-state index is 13.1. The maximum atomic E-state index is 13.1. The van der Waals surface area contributed by atoms with Crippen molar-refractivity contribution in [1.29, 1.82) is 0 Å². The number of hydrogen-bond donors (Lipinski definition) is 1. The van der Waals surface area contributed by atoms with Crippen LogP contribution in [0.15, 0.2) is 42.2 Å². The normalized spacial score (nSPS) is 13.9. The molecule has 2 aromatic rings. The number of aryl methyl sites for hydroxylation is 1. The van der Waals surface area contributed by atoms with Gasteiger partial charge in [0.25, 0.3) is 0 Å². The van der Waals surface area contributed by atoms with Crippen molar-refractivity contribution in [2.45, 2.75) is 12.8 Å². The number of aromatic hydroxyl groups is 1. The fourth-order valence-electron chi connectivity index (χ4n) is 2.12. The molecule has 2 nitrogen and oxygen atoms in total. The second-order valence-electron chi connectivity index (χ2n) is 4.37. The number of nitrogens with zero attached hydrogens (tertiary/aromatic N) is 1. The van der Waals surface area contributed by atoms with Crippen molar-refractivity contribution in [1.82, 2.24) is 4.98 Å². The van der Waals surface area contributed by atoms with Crippen LogP contribution in [0, 0.1) is 0 Å². The summed E-state index contributed by atoms with van der Waals surface area (Å²) in [5.41, 5.74) is 3.60. The molecule has 1 aliphatic rings. The Labute approximate surface area is 104 Å². The molecular formula is C15H12FNO.